The number of methoxy groups -OCH3 is 1. The first-order valence-electron chi connectivity index (χ1n) is 7.49. The Balaban J connectivity index is 2.27. The molecule has 22 heavy (non-hydrogen) atoms. The average molecular weight is 297 g/mol. The molecule has 5 heteroatoms. The van der Waals surface area contributed by atoms with E-state index >= 15 is 0 Å². The Hall–Kier alpha value is -2.22. The van der Waals surface area contributed by atoms with Gasteiger partial charge in [-0.05, 0) is 31.2 Å². The third-order valence-electron chi connectivity index (χ3n) is 5.19. The molecule has 0 amide bonds. The second-order valence-corrected chi connectivity index (χ2v) is 6.35. The lowest BCUT2D eigenvalue weighted by atomic mass is 9.58. The molecule has 114 valence electrons. The molecule has 3 atom stereocenters. The van der Waals surface area contributed by atoms with Gasteiger partial charge in [-0.3, -0.25) is 0 Å². The fraction of sp³-hybridized carbons (Fsp3) is 0.529. The van der Waals surface area contributed by atoms with Gasteiger partial charge in [-0.1, -0.05) is 19.9 Å². The summed E-state index contributed by atoms with van der Waals surface area (Å²) in [5.41, 5.74) is 2.77. The van der Waals surface area contributed by atoms with Crippen LogP contribution in [0.1, 0.15) is 37.2 Å². The van der Waals surface area contributed by atoms with Crippen molar-refractivity contribution in [3.05, 3.63) is 40.1 Å². The number of aromatic nitrogens is 2. The van der Waals surface area contributed by atoms with Gasteiger partial charge in [0.2, 0.25) is 5.70 Å². The summed E-state index contributed by atoms with van der Waals surface area (Å²) in [6.07, 6.45) is 3.59. The molecule has 0 radical (unpaired) electrons. The van der Waals surface area contributed by atoms with Crippen molar-refractivity contribution in [2.75, 3.05) is 7.11 Å². The van der Waals surface area contributed by atoms with Crippen molar-refractivity contribution >= 4 is 5.78 Å². The number of aryl methyl sites for hydroxylation is 1. The predicted octanol–water partition coefficient (Wildman–Crippen LogP) is 2.64. The molecular weight excluding hydrogens is 278 g/mol. The standard InChI is InChI=1S/C17H19N3O2/c1-9-12-7-6-11-10(2)19-16(22-5)20-15(11)17(12,3)8-13(18-4)14(9)21/h8-9,12H,6-7H2,1-3,5H3/t9-,12-,17-/m1/s1. The molecule has 2 aliphatic rings. The molecule has 0 bridgehead atoms. The van der Waals surface area contributed by atoms with Gasteiger partial charge in [-0.15, -0.1) is 0 Å². The number of Topliss-reactive ketones (excluding diaryl/α,β-unsaturated/α-hetero) is 1. The topological polar surface area (TPSA) is 56.4 Å². The highest BCUT2D eigenvalue weighted by Gasteiger charge is 2.49. The van der Waals surface area contributed by atoms with Crippen molar-refractivity contribution < 1.29 is 9.53 Å². The number of ketones is 1. The quantitative estimate of drug-likeness (QED) is 0.748. The molecule has 0 unspecified atom stereocenters. The van der Waals surface area contributed by atoms with Gasteiger partial charge in [-0.25, -0.2) is 9.83 Å². The highest BCUT2D eigenvalue weighted by atomic mass is 16.5. The second-order valence-electron chi connectivity index (χ2n) is 6.35. The summed E-state index contributed by atoms with van der Waals surface area (Å²) in [6, 6.07) is 0.348. The lowest BCUT2D eigenvalue weighted by Crippen LogP contribution is -2.46. The molecule has 0 saturated heterocycles. The molecule has 3 rings (SSSR count). The average Bonchev–Trinajstić information content (AvgIpc) is 2.51. The lowest BCUT2D eigenvalue weighted by molar-refractivity contribution is -0.121. The number of fused-ring (bicyclic) bond motifs is 3. The number of carbonyl (C=O) groups excluding carboxylic acids is 1. The summed E-state index contributed by atoms with van der Waals surface area (Å²) in [5.74, 6) is -0.0378. The Bertz CT molecular complexity index is 732. The molecule has 1 aromatic heterocycles. The molecule has 2 aliphatic carbocycles. The summed E-state index contributed by atoms with van der Waals surface area (Å²) >= 11 is 0. The summed E-state index contributed by atoms with van der Waals surface area (Å²) in [4.78, 5) is 24.7. The fourth-order valence-corrected chi connectivity index (χ4v) is 3.99. The third-order valence-corrected chi connectivity index (χ3v) is 5.19. The number of rotatable bonds is 1. The van der Waals surface area contributed by atoms with Gasteiger partial charge in [0.1, 0.15) is 0 Å². The van der Waals surface area contributed by atoms with Crippen molar-refractivity contribution in [1.29, 1.82) is 0 Å². The summed E-state index contributed by atoms with van der Waals surface area (Å²) in [7, 11) is 1.55. The van der Waals surface area contributed by atoms with E-state index in [1.54, 1.807) is 7.11 Å². The smallest absolute Gasteiger partial charge is 0.316 e. The molecule has 0 aliphatic heterocycles. The minimum absolute atomic E-state index is 0.0429. The zero-order chi connectivity index (χ0) is 16.1. The second kappa shape index (κ2) is 4.91. The van der Waals surface area contributed by atoms with Crippen LogP contribution in [-0.4, -0.2) is 22.9 Å². The van der Waals surface area contributed by atoms with Crippen LogP contribution in [0.15, 0.2) is 11.8 Å². The monoisotopic (exact) mass is 297 g/mol. The number of hydrogen-bond acceptors (Lipinski definition) is 4. The first-order chi connectivity index (χ1) is 10.4. The van der Waals surface area contributed by atoms with Gasteiger partial charge in [0, 0.05) is 17.0 Å². The minimum Gasteiger partial charge on any atom is -0.467 e. The molecule has 0 fully saturated rings. The number of carbonyl (C=O) groups is 1. The van der Waals surface area contributed by atoms with E-state index in [-0.39, 0.29) is 23.3 Å². The number of hydrogen-bond donors (Lipinski definition) is 0. The molecule has 0 spiro atoms. The molecule has 1 heterocycles. The van der Waals surface area contributed by atoms with Crippen LogP contribution in [0.4, 0.5) is 0 Å². The lowest BCUT2D eigenvalue weighted by Gasteiger charge is -2.45. The van der Waals surface area contributed by atoms with Crippen LogP contribution in [0, 0.1) is 25.3 Å². The van der Waals surface area contributed by atoms with Gasteiger partial charge in [-0.2, -0.15) is 4.98 Å². The Kier molecular flexibility index (Phi) is 3.28. The van der Waals surface area contributed by atoms with E-state index in [1.807, 2.05) is 19.9 Å². The maximum absolute atomic E-state index is 12.3. The van der Waals surface area contributed by atoms with Crippen LogP contribution in [0.25, 0.3) is 4.85 Å². The van der Waals surface area contributed by atoms with E-state index in [4.69, 9.17) is 11.3 Å². The Labute approximate surface area is 130 Å². The number of allylic oxidation sites excluding steroid dienone is 2. The SMILES string of the molecule is [C-]#[N+]C1=C[C@@]2(C)c3nc(OC)nc(C)c3CC[C@@H]2[C@@H](C)C1=O. The van der Waals surface area contributed by atoms with E-state index in [0.717, 1.165) is 29.8 Å². The molecule has 0 saturated carbocycles. The van der Waals surface area contributed by atoms with Crippen molar-refractivity contribution in [3.63, 3.8) is 0 Å². The summed E-state index contributed by atoms with van der Waals surface area (Å²) in [5, 5.41) is 0. The number of nitrogens with zero attached hydrogens (tertiary/aromatic N) is 3. The zero-order valence-corrected chi connectivity index (χ0v) is 13.3. The van der Waals surface area contributed by atoms with E-state index < -0.39 is 5.41 Å². The highest BCUT2D eigenvalue weighted by molar-refractivity contribution is 6.00. The normalized spacial score (nSPS) is 30.0. The van der Waals surface area contributed by atoms with Crippen molar-refractivity contribution in [2.24, 2.45) is 11.8 Å². The minimum atomic E-state index is -0.415. The Morgan fingerprint density at radius 3 is 2.82 bits per heavy atom. The predicted molar refractivity (Wildman–Crippen MR) is 81.3 cm³/mol. The Morgan fingerprint density at radius 2 is 2.18 bits per heavy atom. The van der Waals surface area contributed by atoms with E-state index in [9.17, 15) is 4.79 Å². The van der Waals surface area contributed by atoms with Crippen LogP contribution in [0.5, 0.6) is 6.01 Å². The van der Waals surface area contributed by atoms with E-state index in [2.05, 4.69) is 21.7 Å². The molecule has 0 aromatic carbocycles. The van der Waals surface area contributed by atoms with Gasteiger partial charge < -0.3 is 9.53 Å². The molecular formula is C17H19N3O2. The maximum atomic E-state index is 12.3. The van der Waals surface area contributed by atoms with Crippen LogP contribution < -0.4 is 4.74 Å². The number of ether oxygens (including phenoxy) is 1. The van der Waals surface area contributed by atoms with Gasteiger partial charge in [0.25, 0.3) is 0 Å². The third kappa shape index (κ3) is 1.87. The Morgan fingerprint density at radius 1 is 1.45 bits per heavy atom. The van der Waals surface area contributed by atoms with Crippen LogP contribution in [-0.2, 0) is 16.6 Å². The van der Waals surface area contributed by atoms with E-state index in [1.165, 1.54) is 0 Å². The highest BCUT2D eigenvalue weighted by Crippen LogP contribution is 2.49. The van der Waals surface area contributed by atoms with Gasteiger partial charge in [0.05, 0.1) is 19.4 Å². The zero-order valence-electron chi connectivity index (χ0n) is 13.3. The summed E-state index contributed by atoms with van der Waals surface area (Å²) < 4.78 is 5.22. The largest absolute Gasteiger partial charge is 0.467 e. The molecule has 0 N–H and O–H groups in total. The maximum Gasteiger partial charge on any atom is 0.316 e. The molecule has 1 aromatic rings. The van der Waals surface area contributed by atoms with Crippen molar-refractivity contribution in [2.45, 2.75) is 39.0 Å². The first kappa shape index (κ1) is 14.7. The van der Waals surface area contributed by atoms with Crippen LogP contribution in [0.2, 0.25) is 0 Å². The van der Waals surface area contributed by atoms with Crippen molar-refractivity contribution in [1.82, 2.24) is 9.97 Å². The fourth-order valence-electron chi connectivity index (χ4n) is 3.99. The first-order valence-corrected chi connectivity index (χ1v) is 7.49. The van der Waals surface area contributed by atoms with Crippen LogP contribution in [0.3, 0.4) is 0 Å². The molecule has 5 nitrogen and oxygen atoms in total. The van der Waals surface area contributed by atoms with E-state index in [0.29, 0.717) is 6.01 Å². The van der Waals surface area contributed by atoms with Crippen LogP contribution >= 0.6 is 0 Å². The van der Waals surface area contributed by atoms with Crippen molar-refractivity contribution in [3.8, 4) is 6.01 Å². The van der Waals surface area contributed by atoms with Gasteiger partial charge >= 0.3 is 6.01 Å². The van der Waals surface area contributed by atoms with Gasteiger partial charge in [0.15, 0.2) is 5.78 Å². The summed E-state index contributed by atoms with van der Waals surface area (Å²) in [6.45, 7) is 13.3.